The van der Waals surface area contributed by atoms with Gasteiger partial charge in [0.05, 0.1) is 5.69 Å². The van der Waals surface area contributed by atoms with Crippen molar-refractivity contribution in [3.05, 3.63) is 30.4 Å². The van der Waals surface area contributed by atoms with Gasteiger partial charge in [0.2, 0.25) is 0 Å². The van der Waals surface area contributed by atoms with Crippen LogP contribution < -0.4 is 16.2 Å². The number of anilines is 2. The van der Waals surface area contributed by atoms with Crippen molar-refractivity contribution >= 4 is 17.6 Å². The van der Waals surface area contributed by atoms with Crippen LogP contribution in [-0.4, -0.2) is 12.8 Å². The third-order valence-electron chi connectivity index (χ3n) is 1.73. The Morgan fingerprint density at radius 1 is 1.36 bits per heavy atom. The second kappa shape index (κ2) is 4.32. The van der Waals surface area contributed by atoms with E-state index in [0.717, 1.165) is 6.21 Å². The van der Waals surface area contributed by atoms with Crippen molar-refractivity contribution in [2.45, 2.75) is 0 Å². The monoisotopic (exact) mass is 191 g/mol. The third-order valence-corrected chi connectivity index (χ3v) is 1.73. The summed E-state index contributed by atoms with van der Waals surface area (Å²) in [6, 6.07) is 3.22. The number of nitrogens with two attached hydrogens (primary N) is 2. The van der Waals surface area contributed by atoms with E-state index in [-0.39, 0.29) is 0 Å². The number of hydrogen-bond acceptors (Lipinski definition) is 4. The topological polar surface area (TPSA) is 85.1 Å². The van der Waals surface area contributed by atoms with E-state index in [4.69, 9.17) is 21.6 Å². The van der Waals surface area contributed by atoms with Crippen LogP contribution in [0.2, 0.25) is 0 Å². The molecule has 0 amide bonds. The Bertz CT molecular complexity index is 361. The molecule has 1 aromatic carbocycles. The first-order valence-corrected chi connectivity index (χ1v) is 4.12. The summed E-state index contributed by atoms with van der Waals surface area (Å²) in [5.41, 5.74) is 12.9. The number of nitrogen functional groups attached to an aromatic ring is 2. The molecule has 0 fully saturated rings. The van der Waals surface area contributed by atoms with Crippen LogP contribution in [-0.2, 0) is 0 Å². The normalized spacial score (nSPS) is 9.43. The van der Waals surface area contributed by atoms with Crippen molar-refractivity contribution in [2.24, 2.45) is 0 Å². The lowest BCUT2D eigenvalue weighted by Gasteiger charge is -2.09. The molecule has 0 aliphatic rings. The second-order valence-corrected chi connectivity index (χ2v) is 2.76. The average molecular weight is 191 g/mol. The fraction of sp³-hybridized carbons (Fsp3) is 0.100. The molecule has 0 atom stereocenters. The van der Waals surface area contributed by atoms with Gasteiger partial charge in [0, 0.05) is 23.5 Å². The van der Waals surface area contributed by atoms with Crippen molar-refractivity contribution in [2.75, 3.05) is 18.1 Å². The molecule has 0 heterocycles. The van der Waals surface area contributed by atoms with Crippen LogP contribution in [0.5, 0.6) is 5.75 Å². The molecule has 1 rings (SSSR count). The molecule has 0 unspecified atom stereocenters. The van der Waals surface area contributed by atoms with E-state index >= 15 is 0 Å². The first-order chi connectivity index (χ1) is 6.69. The van der Waals surface area contributed by atoms with Gasteiger partial charge in [-0.2, -0.15) is 0 Å². The number of benzene rings is 1. The van der Waals surface area contributed by atoms with Crippen LogP contribution in [0.3, 0.4) is 0 Å². The Kier molecular flexibility index (Phi) is 3.12. The van der Waals surface area contributed by atoms with E-state index in [1.165, 1.54) is 0 Å². The molecule has 0 spiro atoms. The first kappa shape index (κ1) is 10.1. The molecular weight excluding hydrogens is 178 g/mol. The number of hydrogen-bond donors (Lipinski definition) is 3. The summed E-state index contributed by atoms with van der Waals surface area (Å²) >= 11 is 0. The second-order valence-electron chi connectivity index (χ2n) is 2.76. The largest absolute Gasteiger partial charge is 0.487 e. The van der Waals surface area contributed by atoms with Crippen LogP contribution in [0.15, 0.2) is 24.8 Å². The molecule has 0 aliphatic carbocycles. The zero-order chi connectivity index (χ0) is 10.6. The smallest absolute Gasteiger partial charge is 0.144 e. The minimum absolute atomic E-state index is 0.383. The number of rotatable bonds is 4. The maximum atomic E-state index is 7.07. The maximum Gasteiger partial charge on any atom is 0.144 e. The molecule has 0 radical (unpaired) electrons. The Morgan fingerprint density at radius 3 is 2.64 bits per heavy atom. The molecule has 74 valence electrons. The highest BCUT2D eigenvalue weighted by molar-refractivity contribution is 5.87. The molecule has 0 saturated carbocycles. The van der Waals surface area contributed by atoms with Gasteiger partial charge in [0.15, 0.2) is 0 Å². The van der Waals surface area contributed by atoms with Crippen LogP contribution in [0, 0.1) is 5.41 Å². The Balaban J connectivity index is 3.01. The summed E-state index contributed by atoms with van der Waals surface area (Å²) in [4.78, 5) is 0. The number of nitrogens with one attached hydrogen (secondary N) is 1. The standard InChI is InChI=1S/C10H13N3O/c1-2-3-14-10-5-8(12)7(6-11)4-9(10)13/h2,4-6,11H,1,3,12-13H2. The van der Waals surface area contributed by atoms with Crippen LogP contribution >= 0.6 is 0 Å². The zero-order valence-electron chi connectivity index (χ0n) is 7.79. The van der Waals surface area contributed by atoms with Crippen molar-refractivity contribution in [1.82, 2.24) is 0 Å². The third kappa shape index (κ3) is 2.04. The molecule has 0 aliphatic heterocycles. The molecule has 0 saturated heterocycles. The Labute approximate surface area is 82.7 Å². The molecule has 14 heavy (non-hydrogen) atoms. The van der Waals surface area contributed by atoms with Gasteiger partial charge in [-0.1, -0.05) is 12.7 Å². The van der Waals surface area contributed by atoms with E-state index < -0.39 is 0 Å². The SMILES string of the molecule is C=CCOc1cc(N)c(C=N)cc1N. The van der Waals surface area contributed by atoms with Crippen molar-refractivity contribution in [3.63, 3.8) is 0 Å². The highest BCUT2D eigenvalue weighted by atomic mass is 16.5. The molecule has 5 N–H and O–H groups in total. The highest BCUT2D eigenvalue weighted by Crippen LogP contribution is 2.26. The summed E-state index contributed by atoms with van der Waals surface area (Å²) in [7, 11) is 0. The predicted molar refractivity (Wildman–Crippen MR) is 58.8 cm³/mol. The van der Waals surface area contributed by atoms with Crippen molar-refractivity contribution in [3.8, 4) is 5.75 Å². The summed E-state index contributed by atoms with van der Waals surface area (Å²) in [6.45, 7) is 3.91. The van der Waals surface area contributed by atoms with E-state index in [2.05, 4.69) is 6.58 Å². The quantitative estimate of drug-likeness (QED) is 0.382. The van der Waals surface area contributed by atoms with E-state index in [9.17, 15) is 0 Å². The molecule has 0 bridgehead atoms. The van der Waals surface area contributed by atoms with E-state index in [0.29, 0.717) is 29.3 Å². The van der Waals surface area contributed by atoms with Crippen molar-refractivity contribution in [1.29, 1.82) is 5.41 Å². The summed E-state index contributed by atoms with van der Waals surface area (Å²) < 4.78 is 5.27. The van der Waals surface area contributed by atoms with Crippen LogP contribution in [0.25, 0.3) is 0 Å². The lowest BCUT2D eigenvalue weighted by Crippen LogP contribution is -2.01. The Morgan fingerprint density at radius 2 is 2.07 bits per heavy atom. The molecule has 4 heteroatoms. The van der Waals surface area contributed by atoms with Gasteiger partial charge in [0.1, 0.15) is 12.4 Å². The zero-order valence-corrected chi connectivity index (χ0v) is 7.79. The lowest BCUT2D eigenvalue weighted by atomic mass is 10.1. The number of ether oxygens (including phenoxy) is 1. The first-order valence-electron chi connectivity index (χ1n) is 4.12. The van der Waals surface area contributed by atoms with Crippen LogP contribution in [0.4, 0.5) is 11.4 Å². The predicted octanol–water partition coefficient (Wildman–Crippen LogP) is 1.41. The maximum absolute atomic E-state index is 7.07. The van der Waals surface area contributed by atoms with Gasteiger partial charge in [0.25, 0.3) is 0 Å². The van der Waals surface area contributed by atoms with Crippen molar-refractivity contribution < 1.29 is 4.74 Å². The molecule has 4 nitrogen and oxygen atoms in total. The van der Waals surface area contributed by atoms with Gasteiger partial charge in [-0.05, 0) is 6.07 Å². The minimum Gasteiger partial charge on any atom is -0.487 e. The van der Waals surface area contributed by atoms with Crippen LogP contribution in [0.1, 0.15) is 5.56 Å². The van der Waals surface area contributed by atoms with Gasteiger partial charge < -0.3 is 21.6 Å². The lowest BCUT2D eigenvalue weighted by molar-refractivity contribution is 0.365. The molecule has 0 aromatic heterocycles. The fourth-order valence-electron chi connectivity index (χ4n) is 1.03. The summed E-state index contributed by atoms with van der Waals surface area (Å²) in [5.74, 6) is 0.521. The van der Waals surface area contributed by atoms with E-state index in [1.807, 2.05) is 0 Å². The summed E-state index contributed by atoms with van der Waals surface area (Å²) in [5, 5.41) is 7.07. The van der Waals surface area contributed by atoms with Gasteiger partial charge >= 0.3 is 0 Å². The van der Waals surface area contributed by atoms with Gasteiger partial charge in [-0.25, -0.2) is 0 Å². The summed E-state index contributed by atoms with van der Waals surface area (Å²) in [6.07, 6.45) is 2.78. The fourth-order valence-corrected chi connectivity index (χ4v) is 1.03. The Hall–Kier alpha value is -1.97. The van der Waals surface area contributed by atoms with Gasteiger partial charge in [-0.15, -0.1) is 0 Å². The minimum atomic E-state index is 0.383. The molecule has 1 aromatic rings. The molecular formula is C10H13N3O. The van der Waals surface area contributed by atoms with Gasteiger partial charge in [-0.3, -0.25) is 0 Å². The van der Waals surface area contributed by atoms with E-state index in [1.54, 1.807) is 18.2 Å². The average Bonchev–Trinajstić information content (AvgIpc) is 2.18. The highest BCUT2D eigenvalue weighted by Gasteiger charge is 2.04.